The van der Waals surface area contributed by atoms with Gasteiger partial charge in [0.1, 0.15) is 6.04 Å². The van der Waals surface area contributed by atoms with Crippen molar-refractivity contribution in [3.8, 4) is 0 Å². The zero-order chi connectivity index (χ0) is 12.7. The van der Waals surface area contributed by atoms with Gasteiger partial charge in [-0.1, -0.05) is 0 Å². The molecule has 0 fully saturated rings. The third-order valence-corrected chi connectivity index (χ3v) is 2.99. The third-order valence-electron chi connectivity index (χ3n) is 2.35. The summed E-state index contributed by atoms with van der Waals surface area (Å²) in [6.45, 7) is 0. The first-order valence-electron chi connectivity index (χ1n) is 5.36. The van der Waals surface area contributed by atoms with Crippen molar-refractivity contribution < 1.29 is 9.53 Å². The van der Waals surface area contributed by atoms with Gasteiger partial charge in [-0.25, -0.2) is 4.79 Å². The van der Waals surface area contributed by atoms with E-state index in [0.717, 1.165) is 17.9 Å². The van der Waals surface area contributed by atoms with E-state index in [0.29, 0.717) is 5.69 Å². The molecule has 0 aliphatic rings. The molecule has 0 aliphatic heterocycles. The van der Waals surface area contributed by atoms with Crippen LogP contribution in [0.5, 0.6) is 0 Å². The average Bonchev–Trinajstić information content (AvgIpc) is 2.36. The summed E-state index contributed by atoms with van der Waals surface area (Å²) in [4.78, 5) is 11.6. The Kier molecular flexibility index (Phi) is 5.69. The van der Waals surface area contributed by atoms with Crippen LogP contribution in [0.2, 0.25) is 0 Å². The summed E-state index contributed by atoms with van der Waals surface area (Å²) in [7, 11) is 1.40. The van der Waals surface area contributed by atoms with Crippen molar-refractivity contribution in [2.45, 2.75) is 12.5 Å². The van der Waals surface area contributed by atoms with Gasteiger partial charge in [0.25, 0.3) is 0 Å². The molecule has 17 heavy (non-hydrogen) atoms. The zero-order valence-corrected chi connectivity index (χ0v) is 10.9. The Morgan fingerprint density at radius 2 is 2.12 bits per heavy atom. The number of nitrogens with one attached hydrogen (secondary N) is 1. The molecular weight excluding hydrogens is 236 g/mol. The van der Waals surface area contributed by atoms with Crippen LogP contribution in [0.3, 0.4) is 0 Å². The molecule has 0 amide bonds. The minimum Gasteiger partial charge on any atom is -0.467 e. The molecule has 0 aromatic heterocycles. The lowest BCUT2D eigenvalue weighted by molar-refractivity contribution is -0.141. The SMILES string of the molecule is COC(=O)C(CCSC)Nc1ccc(N)cc1. The van der Waals surface area contributed by atoms with E-state index in [1.807, 2.05) is 18.4 Å². The van der Waals surface area contributed by atoms with Gasteiger partial charge in [-0.15, -0.1) is 0 Å². The van der Waals surface area contributed by atoms with Crippen LogP contribution in [-0.2, 0) is 9.53 Å². The Labute approximate surface area is 106 Å². The Morgan fingerprint density at radius 1 is 1.47 bits per heavy atom. The van der Waals surface area contributed by atoms with Crippen molar-refractivity contribution in [1.82, 2.24) is 0 Å². The first kappa shape index (κ1) is 13.7. The first-order valence-corrected chi connectivity index (χ1v) is 6.75. The van der Waals surface area contributed by atoms with Crippen molar-refractivity contribution in [2.75, 3.05) is 30.2 Å². The van der Waals surface area contributed by atoms with E-state index in [1.165, 1.54) is 7.11 Å². The van der Waals surface area contributed by atoms with E-state index in [1.54, 1.807) is 23.9 Å². The molecular formula is C12H18N2O2S. The molecule has 1 aromatic rings. The summed E-state index contributed by atoms with van der Waals surface area (Å²) in [5.41, 5.74) is 7.17. The molecule has 0 spiro atoms. The Hall–Kier alpha value is -1.36. The molecule has 1 unspecified atom stereocenters. The van der Waals surface area contributed by atoms with E-state index in [4.69, 9.17) is 10.5 Å². The Bertz CT molecular complexity index is 354. The van der Waals surface area contributed by atoms with Crippen LogP contribution in [-0.4, -0.2) is 31.1 Å². The Morgan fingerprint density at radius 3 is 2.65 bits per heavy atom. The maximum atomic E-state index is 11.6. The number of hydrogen-bond donors (Lipinski definition) is 2. The predicted octanol–water partition coefficient (Wildman–Crippen LogP) is 1.98. The summed E-state index contributed by atoms with van der Waals surface area (Å²) in [5.74, 6) is 0.665. The van der Waals surface area contributed by atoms with Gasteiger partial charge in [-0.2, -0.15) is 11.8 Å². The molecule has 94 valence electrons. The lowest BCUT2D eigenvalue weighted by atomic mass is 10.2. The fourth-order valence-corrected chi connectivity index (χ4v) is 1.88. The summed E-state index contributed by atoms with van der Waals surface area (Å²) in [5, 5.41) is 3.15. The molecule has 0 radical (unpaired) electrons. The molecule has 1 rings (SSSR count). The maximum absolute atomic E-state index is 11.6. The van der Waals surface area contributed by atoms with Crippen LogP contribution in [0.25, 0.3) is 0 Å². The molecule has 0 aliphatic carbocycles. The van der Waals surface area contributed by atoms with Crippen LogP contribution in [0, 0.1) is 0 Å². The number of thioether (sulfide) groups is 1. The second-order valence-corrected chi connectivity index (χ2v) is 4.61. The van der Waals surface area contributed by atoms with Gasteiger partial charge in [0.15, 0.2) is 0 Å². The fourth-order valence-electron chi connectivity index (χ4n) is 1.41. The number of nitrogen functional groups attached to an aromatic ring is 1. The van der Waals surface area contributed by atoms with Crippen molar-refractivity contribution in [3.05, 3.63) is 24.3 Å². The quantitative estimate of drug-likeness (QED) is 0.600. The molecule has 1 aromatic carbocycles. The highest BCUT2D eigenvalue weighted by molar-refractivity contribution is 7.98. The monoisotopic (exact) mass is 254 g/mol. The number of carbonyl (C=O) groups excluding carboxylic acids is 1. The zero-order valence-electron chi connectivity index (χ0n) is 10.1. The topological polar surface area (TPSA) is 64.3 Å². The van der Waals surface area contributed by atoms with Crippen LogP contribution < -0.4 is 11.1 Å². The lowest BCUT2D eigenvalue weighted by Gasteiger charge is -2.17. The standard InChI is InChI=1S/C12H18N2O2S/c1-16-12(15)11(7-8-17-2)14-10-5-3-9(13)4-6-10/h3-6,11,14H,7-8,13H2,1-2H3. The van der Waals surface area contributed by atoms with Crippen LogP contribution in [0.1, 0.15) is 6.42 Å². The van der Waals surface area contributed by atoms with Crippen molar-refractivity contribution in [3.63, 3.8) is 0 Å². The van der Waals surface area contributed by atoms with Crippen LogP contribution >= 0.6 is 11.8 Å². The molecule has 0 saturated heterocycles. The number of ether oxygens (including phenoxy) is 1. The molecule has 4 nitrogen and oxygen atoms in total. The number of esters is 1. The average molecular weight is 254 g/mol. The molecule has 1 atom stereocenters. The number of hydrogen-bond acceptors (Lipinski definition) is 5. The van der Waals surface area contributed by atoms with Gasteiger partial charge in [0, 0.05) is 11.4 Å². The second kappa shape index (κ2) is 7.06. The predicted molar refractivity (Wildman–Crippen MR) is 73.3 cm³/mol. The smallest absolute Gasteiger partial charge is 0.328 e. The number of benzene rings is 1. The van der Waals surface area contributed by atoms with Crippen molar-refractivity contribution in [1.29, 1.82) is 0 Å². The van der Waals surface area contributed by atoms with E-state index >= 15 is 0 Å². The van der Waals surface area contributed by atoms with Gasteiger partial charge in [0.2, 0.25) is 0 Å². The molecule has 5 heteroatoms. The number of rotatable bonds is 6. The summed E-state index contributed by atoms with van der Waals surface area (Å²) >= 11 is 1.70. The number of carbonyl (C=O) groups is 1. The van der Waals surface area contributed by atoms with E-state index in [2.05, 4.69) is 5.32 Å². The summed E-state index contributed by atoms with van der Waals surface area (Å²) < 4.78 is 4.77. The normalized spacial score (nSPS) is 11.9. The minimum absolute atomic E-state index is 0.240. The summed E-state index contributed by atoms with van der Waals surface area (Å²) in [6.07, 6.45) is 2.75. The highest BCUT2D eigenvalue weighted by atomic mass is 32.2. The molecule has 3 N–H and O–H groups in total. The van der Waals surface area contributed by atoms with E-state index < -0.39 is 0 Å². The van der Waals surface area contributed by atoms with E-state index in [-0.39, 0.29) is 12.0 Å². The van der Waals surface area contributed by atoms with Crippen LogP contribution in [0.15, 0.2) is 24.3 Å². The number of nitrogens with two attached hydrogens (primary N) is 1. The van der Waals surface area contributed by atoms with Gasteiger partial charge in [0.05, 0.1) is 7.11 Å². The summed E-state index contributed by atoms with van der Waals surface area (Å²) in [6, 6.07) is 6.99. The highest BCUT2D eigenvalue weighted by Gasteiger charge is 2.18. The Balaban J connectivity index is 2.64. The molecule has 0 heterocycles. The number of methoxy groups -OCH3 is 1. The largest absolute Gasteiger partial charge is 0.467 e. The van der Waals surface area contributed by atoms with Gasteiger partial charge in [-0.3, -0.25) is 0 Å². The minimum atomic E-state index is -0.309. The van der Waals surface area contributed by atoms with Crippen LogP contribution in [0.4, 0.5) is 11.4 Å². The van der Waals surface area contributed by atoms with Gasteiger partial charge >= 0.3 is 5.97 Å². The molecule has 0 saturated carbocycles. The highest BCUT2D eigenvalue weighted by Crippen LogP contribution is 2.14. The number of anilines is 2. The van der Waals surface area contributed by atoms with Crippen molar-refractivity contribution in [2.24, 2.45) is 0 Å². The molecule has 0 bridgehead atoms. The third kappa shape index (κ3) is 4.56. The van der Waals surface area contributed by atoms with Gasteiger partial charge < -0.3 is 15.8 Å². The first-order chi connectivity index (χ1) is 8.17. The fraction of sp³-hybridized carbons (Fsp3) is 0.417. The van der Waals surface area contributed by atoms with Gasteiger partial charge in [-0.05, 0) is 42.7 Å². The van der Waals surface area contributed by atoms with Crippen molar-refractivity contribution >= 4 is 29.1 Å². The van der Waals surface area contributed by atoms with E-state index in [9.17, 15) is 4.79 Å². The lowest BCUT2D eigenvalue weighted by Crippen LogP contribution is -2.31. The maximum Gasteiger partial charge on any atom is 0.328 e. The second-order valence-electron chi connectivity index (χ2n) is 3.62.